The minimum Gasteiger partial charge on any atom is -0.444 e. The minimum absolute atomic E-state index is 0.0202. The molecule has 0 aliphatic carbocycles. The molecule has 2 aliphatic rings. The number of carbonyl (C=O) groups excluding carboxylic acids is 1. The molecular weight excluding hydrogens is 572 g/mol. The van der Waals surface area contributed by atoms with Gasteiger partial charge in [-0.05, 0) is 63.3 Å². The summed E-state index contributed by atoms with van der Waals surface area (Å²) in [4.78, 5) is 29.7. The maximum Gasteiger partial charge on any atom is 0.410 e. The van der Waals surface area contributed by atoms with E-state index in [4.69, 9.17) is 44.0 Å². The minimum atomic E-state index is -2.16. The maximum absolute atomic E-state index is 15.0. The van der Waals surface area contributed by atoms with Crippen molar-refractivity contribution in [1.29, 1.82) is 0 Å². The normalized spacial score (nSPS) is 22.4. The fourth-order valence-corrected chi connectivity index (χ4v) is 6.52. The van der Waals surface area contributed by atoms with Crippen LogP contribution in [0.1, 0.15) is 54.4 Å². The topological polar surface area (TPSA) is 80.7 Å². The Morgan fingerprint density at radius 2 is 1.71 bits per heavy atom. The van der Waals surface area contributed by atoms with Crippen LogP contribution in [0.3, 0.4) is 0 Å². The third-order valence-corrected chi connectivity index (χ3v) is 12.9. The average Bonchev–Trinajstić information content (AvgIpc) is 3.09. The molecule has 2 aliphatic heterocycles. The number of carbonyl (C=O) groups is 1. The molecule has 4 rings (SSSR count). The van der Waals surface area contributed by atoms with Crippen molar-refractivity contribution < 1.29 is 18.3 Å². The van der Waals surface area contributed by atoms with Crippen LogP contribution in [0.4, 0.5) is 15.0 Å². The molecule has 210 valence electrons. The molecule has 38 heavy (non-hydrogen) atoms. The van der Waals surface area contributed by atoms with Gasteiger partial charge in [-0.25, -0.2) is 19.2 Å². The Morgan fingerprint density at radius 1 is 1.05 bits per heavy atom. The van der Waals surface area contributed by atoms with Crippen LogP contribution in [0.15, 0.2) is 0 Å². The predicted molar refractivity (Wildman–Crippen MR) is 151 cm³/mol. The van der Waals surface area contributed by atoms with E-state index in [0.29, 0.717) is 19.0 Å². The first-order valence-corrected chi connectivity index (χ1v) is 16.7. The molecule has 0 saturated carbocycles. The Bertz CT molecular complexity index is 1250. The number of hydrogen-bond acceptors (Lipinski definition) is 7. The summed E-state index contributed by atoms with van der Waals surface area (Å²) in [6, 6.07) is -0.688. The van der Waals surface area contributed by atoms with Crippen molar-refractivity contribution in [2.75, 3.05) is 18.1 Å². The van der Waals surface area contributed by atoms with Gasteiger partial charge in [0, 0.05) is 6.54 Å². The number of ether oxygens (including phenoxy) is 1. The smallest absolute Gasteiger partial charge is 0.410 e. The van der Waals surface area contributed by atoms with Gasteiger partial charge in [0.05, 0.1) is 30.1 Å². The summed E-state index contributed by atoms with van der Waals surface area (Å²) in [6.07, 6.45) is 1.18. The highest BCUT2D eigenvalue weighted by Crippen LogP contribution is 2.43. The quantitative estimate of drug-likeness (QED) is 0.209. The van der Waals surface area contributed by atoms with E-state index in [9.17, 15) is 4.79 Å². The van der Waals surface area contributed by atoms with E-state index >= 15 is 4.39 Å². The molecule has 0 aromatic carbocycles. The van der Waals surface area contributed by atoms with Gasteiger partial charge in [0.1, 0.15) is 22.1 Å². The standard InChI is InChI=1S/C25H35Cl3FN5O3Si/c1-24(2,3)37-23(35)34-13-9-10-14(34)15(12-36-38(7,8)25(4,5)6)33(11-13)21-16-18(30-22(28)32-21)17(29)20(27)31-19(16)26/h13-15H,9-12H2,1-8H3/t13-,14+,15-/m0/s1. The van der Waals surface area contributed by atoms with Crippen molar-refractivity contribution in [2.45, 2.75) is 96.2 Å². The number of pyridine rings is 1. The van der Waals surface area contributed by atoms with Gasteiger partial charge in [-0.1, -0.05) is 44.0 Å². The zero-order valence-electron chi connectivity index (χ0n) is 23.0. The van der Waals surface area contributed by atoms with Crippen molar-refractivity contribution in [1.82, 2.24) is 19.9 Å². The summed E-state index contributed by atoms with van der Waals surface area (Å²) in [7, 11) is -2.16. The third kappa shape index (κ3) is 5.57. The maximum atomic E-state index is 15.0. The molecule has 2 bridgehead atoms. The zero-order valence-corrected chi connectivity index (χ0v) is 26.3. The SMILES string of the molecule is CC(C)(C)OC(=O)N1[C@H]2CC[C@@H]1[C@H](CO[Si](C)(C)C(C)(C)C)N(c1nc(Cl)nc3c(F)c(Cl)nc(Cl)c13)C2. The van der Waals surface area contributed by atoms with Crippen molar-refractivity contribution in [3.05, 3.63) is 21.4 Å². The van der Waals surface area contributed by atoms with Crippen LogP contribution in [0.5, 0.6) is 0 Å². The van der Waals surface area contributed by atoms with Gasteiger partial charge < -0.3 is 14.1 Å². The number of piperazine rings is 1. The Balaban J connectivity index is 1.82. The number of amides is 1. The Morgan fingerprint density at radius 3 is 2.32 bits per heavy atom. The Kier molecular flexibility index (Phi) is 7.91. The van der Waals surface area contributed by atoms with Crippen molar-refractivity contribution >= 4 is 65.9 Å². The summed E-state index contributed by atoms with van der Waals surface area (Å²) in [5.41, 5.74) is -0.733. The third-order valence-electron chi connectivity index (χ3n) is 7.75. The molecule has 2 aromatic heterocycles. The lowest BCUT2D eigenvalue weighted by Crippen LogP contribution is -2.64. The summed E-state index contributed by atoms with van der Waals surface area (Å²) < 4.78 is 27.5. The first-order valence-electron chi connectivity index (χ1n) is 12.7. The van der Waals surface area contributed by atoms with E-state index in [1.807, 2.05) is 30.6 Å². The number of fused-ring (bicyclic) bond motifs is 3. The fraction of sp³-hybridized carbons (Fsp3) is 0.680. The van der Waals surface area contributed by atoms with Gasteiger partial charge >= 0.3 is 6.09 Å². The lowest BCUT2D eigenvalue weighted by molar-refractivity contribution is 0.00492. The predicted octanol–water partition coefficient (Wildman–Crippen LogP) is 7.10. The van der Waals surface area contributed by atoms with Crippen molar-refractivity contribution in [3.63, 3.8) is 0 Å². The van der Waals surface area contributed by atoms with E-state index < -0.39 is 24.9 Å². The van der Waals surface area contributed by atoms with Crippen molar-refractivity contribution in [3.8, 4) is 0 Å². The van der Waals surface area contributed by atoms with Gasteiger partial charge in [-0.3, -0.25) is 4.90 Å². The van der Waals surface area contributed by atoms with Gasteiger partial charge in [0.15, 0.2) is 19.3 Å². The van der Waals surface area contributed by atoms with Gasteiger partial charge in [0.25, 0.3) is 0 Å². The summed E-state index contributed by atoms with van der Waals surface area (Å²) in [5, 5.41) is -0.357. The van der Waals surface area contributed by atoms with E-state index in [-0.39, 0.29) is 50.6 Å². The second kappa shape index (κ2) is 10.2. The van der Waals surface area contributed by atoms with Crippen LogP contribution in [0.25, 0.3) is 10.9 Å². The number of anilines is 1. The van der Waals surface area contributed by atoms with Gasteiger partial charge in [-0.15, -0.1) is 0 Å². The lowest BCUT2D eigenvalue weighted by atomic mass is 10.0. The number of hydrogen-bond donors (Lipinski definition) is 0. The van der Waals surface area contributed by atoms with Crippen LogP contribution >= 0.6 is 34.8 Å². The molecule has 8 nitrogen and oxygen atoms in total. The Labute approximate surface area is 239 Å². The molecule has 3 atom stereocenters. The summed E-state index contributed by atoms with van der Waals surface area (Å²) in [6.45, 7) is 17.2. The molecule has 4 heterocycles. The van der Waals surface area contributed by atoms with E-state index in [1.54, 1.807) is 0 Å². The van der Waals surface area contributed by atoms with Crippen LogP contribution in [-0.4, -0.2) is 71.1 Å². The van der Waals surface area contributed by atoms with Gasteiger partial charge in [-0.2, -0.15) is 4.98 Å². The van der Waals surface area contributed by atoms with Crippen LogP contribution in [0.2, 0.25) is 33.7 Å². The number of halogens is 4. The molecule has 2 fully saturated rings. The largest absolute Gasteiger partial charge is 0.444 e. The van der Waals surface area contributed by atoms with Crippen LogP contribution in [0, 0.1) is 5.82 Å². The molecule has 1 amide bonds. The molecule has 13 heteroatoms. The molecule has 0 spiro atoms. The highest BCUT2D eigenvalue weighted by atomic mass is 35.5. The van der Waals surface area contributed by atoms with Crippen molar-refractivity contribution in [2.24, 2.45) is 0 Å². The number of rotatable bonds is 4. The van der Waals surface area contributed by atoms with E-state index in [2.05, 4.69) is 48.8 Å². The van der Waals surface area contributed by atoms with E-state index in [0.717, 1.165) is 12.8 Å². The van der Waals surface area contributed by atoms with Crippen LogP contribution in [-0.2, 0) is 9.16 Å². The van der Waals surface area contributed by atoms with Gasteiger partial charge in [0.2, 0.25) is 5.28 Å². The highest BCUT2D eigenvalue weighted by molar-refractivity contribution is 6.74. The monoisotopic (exact) mass is 605 g/mol. The summed E-state index contributed by atoms with van der Waals surface area (Å²) in [5.74, 6) is -0.473. The molecule has 0 N–H and O–H groups in total. The fourth-order valence-electron chi connectivity index (χ4n) is 4.86. The molecule has 0 radical (unpaired) electrons. The number of aromatic nitrogens is 3. The number of nitrogens with zero attached hydrogens (tertiary/aromatic N) is 5. The molecule has 2 saturated heterocycles. The lowest BCUT2D eigenvalue weighted by Gasteiger charge is -2.48. The molecular formula is C25H35Cl3FN5O3Si. The second-order valence-corrected chi connectivity index (χ2v) is 18.4. The summed E-state index contributed by atoms with van der Waals surface area (Å²) >= 11 is 18.7. The Hall–Kier alpha value is -1.46. The molecule has 0 unspecified atom stereocenters. The van der Waals surface area contributed by atoms with Crippen LogP contribution < -0.4 is 4.90 Å². The van der Waals surface area contributed by atoms with E-state index in [1.165, 1.54) is 0 Å². The average molecular weight is 607 g/mol. The first-order chi connectivity index (χ1) is 17.4. The zero-order chi connectivity index (χ0) is 28.4. The molecule has 2 aromatic rings. The highest BCUT2D eigenvalue weighted by Gasteiger charge is 2.51. The first kappa shape index (κ1) is 29.5. The second-order valence-electron chi connectivity index (χ2n) is 12.5.